The fraction of sp³-hybridized carbons (Fsp3) is 0.318. The molecular formula is C22H23N3O5. The van der Waals surface area contributed by atoms with Gasteiger partial charge in [-0.05, 0) is 36.4 Å². The number of ether oxygens (including phenoxy) is 3. The molecule has 2 aromatic carbocycles. The number of benzene rings is 2. The number of hydrogen-bond donors (Lipinski definition) is 0. The largest absolute Gasteiger partial charge is 0.486 e. The van der Waals surface area contributed by atoms with Gasteiger partial charge < -0.3 is 24.0 Å². The fourth-order valence-electron chi connectivity index (χ4n) is 2.94. The summed E-state index contributed by atoms with van der Waals surface area (Å²) in [5, 5.41) is 8.94. The molecular weight excluding hydrogens is 386 g/mol. The topological polar surface area (TPSA) is 92.1 Å². The van der Waals surface area contributed by atoms with Crippen LogP contribution in [0.25, 0.3) is 0 Å². The van der Waals surface area contributed by atoms with E-state index in [-0.39, 0.29) is 13.0 Å². The molecule has 0 N–H and O–H groups in total. The van der Waals surface area contributed by atoms with E-state index in [1.54, 1.807) is 42.5 Å². The number of rotatable bonds is 7. The lowest BCUT2D eigenvalue weighted by atomic mass is 10.2. The summed E-state index contributed by atoms with van der Waals surface area (Å²) in [5.74, 6) is 0.119. The maximum atomic E-state index is 12.8. The van der Waals surface area contributed by atoms with Crippen molar-refractivity contribution < 1.29 is 23.8 Å². The molecule has 156 valence electrons. The predicted molar refractivity (Wildman–Crippen MR) is 111 cm³/mol. The Morgan fingerprint density at radius 2 is 1.70 bits per heavy atom. The van der Waals surface area contributed by atoms with E-state index < -0.39 is 18.5 Å². The van der Waals surface area contributed by atoms with Crippen molar-refractivity contribution in [3.8, 4) is 17.6 Å². The van der Waals surface area contributed by atoms with Crippen LogP contribution in [0, 0.1) is 11.3 Å². The maximum absolute atomic E-state index is 12.8. The van der Waals surface area contributed by atoms with Crippen LogP contribution in [0.15, 0.2) is 42.5 Å². The van der Waals surface area contributed by atoms with Crippen LogP contribution < -0.4 is 19.3 Å². The summed E-state index contributed by atoms with van der Waals surface area (Å²) in [4.78, 5) is 28.4. The Balaban J connectivity index is 1.68. The van der Waals surface area contributed by atoms with Crippen LogP contribution in [0.5, 0.6) is 11.5 Å². The number of amides is 1. The summed E-state index contributed by atoms with van der Waals surface area (Å²) in [6.45, 7) is 0.625. The average Bonchev–Trinajstić information content (AvgIpc) is 2.77. The molecule has 0 bridgehead atoms. The molecule has 0 fully saturated rings. The third-order valence-electron chi connectivity index (χ3n) is 4.53. The van der Waals surface area contributed by atoms with E-state index in [0.717, 1.165) is 5.69 Å². The number of nitriles is 1. The zero-order valence-corrected chi connectivity index (χ0v) is 17.0. The van der Waals surface area contributed by atoms with Gasteiger partial charge in [0, 0.05) is 38.1 Å². The van der Waals surface area contributed by atoms with Crippen LogP contribution >= 0.6 is 0 Å². The monoisotopic (exact) mass is 409 g/mol. The number of carbonyl (C=O) groups excluding carboxylic acids is 2. The lowest BCUT2D eigenvalue weighted by molar-refractivity contribution is -0.121. The minimum atomic E-state index is -0.587. The van der Waals surface area contributed by atoms with E-state index in [1.165, 1.54) is 4.90 Å². The molecule has 0 saturated carbocycles. The molecule has 3 rings (SSSR count). The number of esters is 1. The summed E-state index contributed by atoms with van der Waals surface area (Å²) in [6, 6.07) is 14.0. The highest BCUT2D eigenvalue weighted by Gasteiger charge is 2.21. The molecule has 0 saturated heterocycles. The van der Waals surface area contributed by atoms with Gasteiger partial charge >= 0.3 is 5.97 Å². The molecule has 0 aliphatic carbocycles. The molecule has 1 aliphatic heterocycles. The van der Waals surface area contributed by atoms with Gasteiger partial charge in [-0.2, -0.15) is 5.26 Å². The van der Waals surface area contributed by atoms with Crippen LogP contribution in [0.2, 0.25) is 0 Å². The van der Waals surface area contributed by atoms with Crippen molar-refractivity contribution in [1.29, 1.82) is 5.26 Å². The van der Waals surface area contributed by atoms with Gasteiger partial charge in [-0.15, -0.1) is 0 Å². The Hall–Kier alpha value is -3.73. The molecule has 0 aromatic heterocycles. The third kappa shape index (κ3) is 5.00. The second-order valence-corrected chi connectivity index (χ2v) is 6.80. The van der Waals surface area contributed by atoms with Gasteiger partial charge in [0.1, 0.15) is 13.2 Å². The van der Waals surface area contributed by atoms with Crippen LogP contribution in [-0.4, -0.2) is 52.3 Å². The molecule has 8 nitrogen and oxygen atoms in total. The number of hydrogen-bond acceptors (Lipinski definition) is 7. The van der Waals surface area contributed by atoms with E-state index in [2.05, 4.69) is 0 Å². The normalized spacial score (nSPS) is 11.9. The van der Waals surface area contributed by atoms with Gasteiger partial charge in [-0.25, -0.2) is 4.79 Å². The highest BCUT2D eigenvalue weighted by molar-refractivity contribution is 5.97. The minimum Gasteiger partial charge on any atom is -0.486 e. The van der Waals surface area contributed by atoms with Crippen molar-refractivity contribution in [2.75, 3.05) is 50.3 Å². The second kappa shape index (κ2) is 9.65. The average molecular weight is 409 g/mol. The van der Waals surface area contributed by atoms with Gasteiger partial charge in [0.25, 0.3) is 5.91 Å². The maximum Gasteiger partial charge on any atom is 0.338 e. The van der Waals surface area contributed by atoms with Crippen LogP contribution in [0.3, 0.4) is 0 Å². The van der Waals surface area contributed by atoms with E-state index in [1.807, 2.05) is 25.1 Å². The summed E-state index contributed by atoms with van der Waals surface area (Å²) in [7, 11) is 3.80. The van der Waals surface area contributed by atoms with Gasteiger partial charge in [0.05, 0.1) is 18.1 Å². The van der Waals surface area contributed by atoms with Crippen molar-refractivity contribution in [1.82, 2.24) is 0 Å². The Morgan fingerprint density at radius 3 is 2.37 bits per heavy atom. The molecule has 1 aliphatic rings. The van der Waals surface area contributed by atoms with E-state index in [9.17, 15) is 9.59 Å². The Kier molecular flexibility index (Phi) is 6.75. The zero-order chi connectivity index (χ0) is 21.5. The quantitative estimate of drug-likeness (QED) is 0.649. The standard InChI is InChI=1S/C22H23N3O5/c1-24(2)17-6-4-16(5-7-17)22(27)30-15-21(26)25(11-3-10-23)18-8-9-19-20(14-18)29-13-12-28-19/h4-9,14H,3,11-13,15H2,1-2H3. The first kappa shape index (κ1) is 21.0. The first-order valence-electron chi connectivity index (χ1n) is 9.51. The van der Waals surface area contributed by atoms with Crippen molar-refractivity contribution in [2.24, 2.45) is 0 Å². The summed E-state index contributed by atoms with van der Waals surface area (Å²) in [5.41, 5.74) is 1.85. The van der Waals surface area contributed by atoms with E-state index in [0.29, 0.717) is 36.0 Å². The van der Waals surface area contributed by atoms with Crippen LogP contribution in [-0.2, 0) is 9.53 Å². The number of fused-ring (bicyclic) bond motifs is 1. The van der Waals surface area contributed by atoms with Crippen LogP contribution in [0.4, 0.5) is 11.4 Å². The molecule has 1 heterocycles. The Labute approximate surface area is 175 Å². The molecule has 2 aromatic rings. The van der Waals surface area contributed by atoms with E-state index in [4.69, 9.17) is 19.5 Å². The molecule has 0 spiro atoms. The fourth-order valence-corrected chi connectivity index (χ4v) is 2.94. The van der Waals surface area contributed by atoms with E-state index >= 15 is 0 Å². The number of anilines is 2. The second-order valence-electron chi connectivity index (χ2n) is 6.80. The van der Waals surface area contributed by atoms with Gasteiger partial charge in [0.15, 0.2) is 18.1 Å². The predicted octanol–water partition coefficient (Wildman–Crippen LogP) is 2.63. The lowest BCUT2D eigenvalue weighted by Gasteiger charge is -2.24. The van der Waals surface area contributed by atoms with Crippen molar-refractivity contribution in [2.45, 2.75) is 6.42 Å². The molecule has 0 atom stereocenters. The number of nitrogens with zero attached hydrogens (tertiary/aromatic N) is 3. The first-order chi connectivity index (χ1) is 14.5. The van der Waals surface area contributed by atoms with Crippen LogP contribution in [0.1, 0.15) is 16.8 Å². The van der Waals surface area contributed by atoms with Gasteiger partial charge in [-0.1, -0.05) is 0 Å². The molecule has 8 heteroatoms. The molecule has 0 radical (unpaired) electrons. The first-order valence-corrected chi connectivity index (χ1v) is 9.51. The summed E-state index contributed by atoms with van der Waals surface area (Å²) in [6.07, 6.45) is 0.139. The van der Waals surface area contributed by atoms with Gasteiger partial charge in [-0.3, -0.25) is 4.79 Å². The minimum absolute atomic E-state index is 0.139. The SMILES string of the molecule is CN(C)c1ccc(C(=O)OCC(=O)N(CCC#N)c2ccc3c(c2)OCCO3)cc1. The zero-order valence-electron chi connectivity index (χ0n) is 17.0. The van der Waals surface area contributed by atoms with Crippen molar-refractivity contribution in [3.05, 3.63) is 48.0 Å². The molecule has 30 heavy (non-hydrogen) atoms. The Bertz CT molecular complexity index is 950. The molecule has 0 unspecified atom stereocenters. The van der Waals surface area contributed by atoms with Gasteiger partial charge in [0.2, 0.25) is 0 Å². The van der Waals surface area contributed by atoms with Crippen molar-refractivity contribution >= 4 is 23.3 Å². The lowest BCUT2D eigenvalue weighted by Crippen LogP contribution is -2.35. The number of carbonyl (C=O) groups is 2. The highest BCUT2D eigenvalue weighted by atomic mass is 16.6. The summed E-state index contributed by atoms with van der Waals surface area (Å²) < 4.78 is 16.3. The molecule has 1 amide bonds. The third-order valence-corrected chi connectivity index (χ3v) is 4.53. The van der Waals surface area contributed by atoms with Crippen molar-refractivity contribution in [3.63, 3.8) is 0 Å². The highest BCUT2D eigenvalue weighted by Crippen LogP contribution is 2.34. The Morgan fingerprint density at radius 1 is 1.03 bits per heavy atom. The summed E-state index contributed by atoms with van der Waals surface area (Å²) >= 11 is 0. The smallest absolute Gasteiger partial charge is 0.338 e.